The zero-order valence-electron chi connectivity index (χ0n) is 11.4. The predicted molar refractivity (Wildman–Crippen MR) is 78.2 cm³/mol. The molecule has 0 unspecified atom stereocenters. The summed E-state index contributed by atoms with van der Waals surface area (Å²) in [4.78, 5) is 12.8. The van der Waals surface area contributed by atoms with Crippen molar-refractivity contribution >= 4 is 23.5 Å². The average Bonchev–Trinajstić information content (AvgIpc) is 2.84. The number of nitrogens with zero attached hydrogens (tertiary/aromatic N) is 1. The van der Waals surface area contributed by atoms with Gasteiger partial charge < -0.3 is 14.6 Å². The molecular formula is C14H16N2O3S. The van der Waals surface area contributed by atoms with Crippen LogP contribution < -0.4 is 10.1 Å². The lowest BCUT2D eigenvalue weighted by Gasteiger charge is -2.04. The monoisotopic (exact) mass is 292 g/mol. The molecule has 0 saturated carbocycles. The highest BCUT2D eigenvalue weighted by Crippen LogP contribution is 2.23. The summed E-state index contributed by atoms with van der Waals surface area (Å²) in [5, 5.41) is 6.40. The first-order chi connectivity index (χ1) is 9.67. The maximum atomic E-state index is 11.7. The molecule has 2 rings (SSSR count). The van der Waals surface area contributed by atoms with Gasteiger partial charge in [-0.3, -0.25) is 4.79 Å². The van der Waals surface area contributed by atoms with E-state index >= 15 is 0 Å². The van der Waals surface area contributed by atoms with Crippen LogP contribution in [0.3, 0.4) is 0 Å². The first kappa shape index (κ1) is 14.5. The van der Waals surface area contributed by atoms with E-state index in [-0.39, 0.29) is 5.91 Å². The first-order valence-corrected chi connectivity index (χ1v) is 7.16. The predicted octanol–water partition coefficient (Wildman–Crippen LogP) is 3.11. The van der Waals surface area contributed by atoms with Gasteiger partial charge in [-0.2, -0.15) is 0 Å². The third-order valence-corrected chi connectivity index (χ3v) is 3.53. The minimum atomic E-state index is -0.0753. The van der Waals surface area contributed by atoms with Crippen LogP contribution in [0.4, 0.5) is 5.82 Å². The van der Waals surface area contributed by atoms with Gasteiger partial charge in [0.2, 0.25) is 5.91 Å². The molecule has 0 aliphatic heterocycles. The van der Waals surface area contributed by atoms with Crippen LogP contribution in [0.15, 0.2) is 39.8 Å². The maximum absolute atomic E-state index is 11.7. The summed E-state index contributed by atoms with van der Waals surface area (Å²) in [7, 11) is 1.64. The molecule has 0 bridgehead atoms. The van der Waals surface area contributed by atoms with Crippen molar-refractivity contribution in [3.05, 3.63) is 36.1 Å². The second-order valence-electron chi connectivity index (χ2n) is 4.15. The average molecular weight is 292 g/mol. The van der Waals surface area contributed by atoms with Crippen LogP contribution in [0.25, 0.3) is 0 Å². The summed E-state index contributed by atoms with van der Waals surface area (Å²) in [6.07, 6.45) is 0.411. The Bertz CT molecular complexity index is 583. The van der Waals surface area contributed by atoms with E-state index in [1.165, 1.54) is 0 Å². The van der Waals surface area contributed by atoms with Crippen LogP contribution >= 0.6 is 11.8 Å². The maximum Gasteiger partial charge on any atom is 0.226 e. The fourth-order valence-corrected chi connectivity index (χ4v) is 2.48. The molecule has 0 aliphatic rings. The fraction of sp³-hybridized carbons (Fsp3) is 0.286. The van der Waals surface area contributed by atoms with Crippen LogP contribution in [0.2, 0.25) is 0 Å². The molecular weight excluding hydrogens is 276 g/mol. The topological polar surface area (TPSA) is 64.4 Å². The van der Waals surface area contributed by atoms with E-state index in [9.17, 15) is 4.79 Å². The van der Waals surface area contributed by atoms with Crippen molar-refractivity contribution in [2.75, 3.05) is 18.2 Å². The van der Waals surface area contributed by atoms with Gasteiger partial charge in [0.05, 0.1) is 7.11 Å². The summed E-state index contributed by atoms with van der Waals surface area (Å²) in [5.74, 6) is 2.56. The van der Waals surface area contributed by atoms with Gasteiger partial charge in [0.1, 0.15) is 11.5 Å². The highest BCUT2D eigenvalue weighted by Gasteiger charge is 2.06. The summed E-state index contributed by atoms with van der Waals surface area (Å²) in [5.41, 5.74) is 0. The summed E-state index contributed by atoms with van der Waals surface area (Å²) >= 11 is 1.61. The number of aromatic nitrogens is 1. The Labute approximate surface area is 121 Å². The number of amides is 1. The molecule has 5 nitrogen and oxygen atoms in total. The molecule has 106 valence electrons. The number of ether oxygens (including phenoxy) is 1. The number of aryl methyl sites for hydroxylation is 1. The number of nitrogens with one attached hydrogen (secondary N) is 1. The van der Waals surface area contributed by atoms with Gasteiger partial charge in [-0.25, -0.2) is 0 Å². The molecule has 0 spiro atoms. The van der Waals surface area contributed by atoms with E-state index in [4.69, 9.17) is 9.26 Å². The highest BCUT2D eigenvalue weighted by molar-refractivity contribution is 7.99. The normalized spacial score (nSPS) is 10.3. The lowest BCUT2D eigenvalue weighted by atomic mass is 10.3. The van der Waals surface area contributed by atoms with Crippen LogP contribution in [0, 0.1) is 6.92 Å². The molecule has 2 aromatic rings. The number of carbonyl (C=O) groups is 1. The van der Waals surface area contributed by atoms with Gasteiger partial charge in [0.25, 0.3) is 0 Å². The van der Waals surface area contributed by atoms with Crippen molar-refractivity contribution in [3.63, 3.8) is 0 Å². The molecule has 0 fully saturated rings. The number of methoxy groups -OCH3 is 1. The fourth-order valence-electron chi connectivity index (χ4n) is 1.58. The first-order valence-electron chi connectivity index (χ1n) is 6.17. The van der Waals surface area contributed by atoms with Crippen molar-refractivity contribution in [2.24, 2.45) is 0 Å². The zero-order chi connectivity index (χ0) is 14.4. The van der Waals surface area contributed by atoms with Gasteiger partial charge in [0, 0.05) is 23.1 Å². The molecule has 1 aromatic heterocycles. The zero-order valence-corrected chi connectivity index (χ0v) is 12.2. The minimum absolute atomic E-state index is 0.0753. The third kappa shape index (κ3) is 4.31. The smallest absolute Gasteiger partial charge is 0.226 e. The van der Waals surface area contributed by atoms with Crippen molar-refractivity contribution in [3.8, 4) is 5.75 Å². The Kier molecular flexibility index (Phi) is 5.06. The Morgan fingerprint density at radius 1 is 1.45 bits per heavy atom. The standard InChI is InChI=1S/C14H16N2O3S/c1-10-8-13(16-19-10)15-14(17)6-7-20-12-5-3-4-11(9-12)18-2/h3-5,8-9H,6-7H2,1-2H3,(H,15,16,17). The number of carbonyl (C=O) groups excluding carboxylic acids is 1. The Hall–Kier alpha value is -1.95. The van der Waals surface area contributed by atoms with Gasteiger partial charge in [-0.15, -0.1) is 11.8 Å². The summed E-state index contributed by atoms with van der Waals surface area (Å²) < 4.78 is 10.0. The Balaban J connectivity index is 1.76. The second-order valence-corrected chi connectivity index (χ2v) is 5.32. The lowest BCUT2D eigenvalue weighted by molar-refractivity contribution is -0.115. The van der Waals surface area contributed by atoms with E-state index < -0.39 is 0 Å². The van der Waals surface area contributed by atoms with Gasteiger partial charge in [-0.05, 0) is 25.1 Å². The molecule has 1 aromatic carbocycles. The minimum Gasteiger partial charge on any atom is -0.497 e. The number of benzene rings is 1. The number of hydrogen-bond donors (Lipinski definition) is 1. The van der Waals surface area contributed by atoms with Crippen molar-refractivity contribution in [1.29, 1.82) is 0 Å². The van der Waals surface area contributed by atoms with E-state index in [1.54, 1.807) is 31.9 Å². The van der Waals surface area contributed by atoms with Crippen LogP contribution in [-0.4, -0.2) is 23.9 Å². The molecule has 0 radical (unpaired) electrons. The van der Waals surface area contributed by atoms with E-state index in [0.29, 0.717) is 23.8 Å². The van der Waals surface area contributed by atoms with E-state index in [0.717, 1.165) is 10.6 Å². The van der Waals surface area contributed by atoms with Crippen molar-refractivity contribution < 1.29 is 14.1 Å². The van der Waals surface area contributed by atoms with Gasteiger partial charge in [0.15, 0.2) is 5.82 Å². The largest absolute Gasteiger partial charge is 0.497 e. The Morgan fingerprint density at radius 2 is 2.30 bits per heavy atom. The molecule has 0 aliphatic carbocycles. The quantitative estimate of drug-likeness (QED) is 0.829. The molecule has 1 N–H and O–H groups in total. The van der Waals surface area contributed by atoms with Crippen LogP contribution in [0.5, 0.6) is 5.75 Å². The molecule has 20 heavy (non-hydrogen) atoms. The molecule has 1 heterocycles. The Morgan fingerprint density at radius 3 is 3.00 bits per heavy atom. The van der Waals surface area contributed by atoms with Gasteiger partial charge in [-0.1, -0.05) is 11.2 Å². The number of thioether (sulfide) groups is 1. The molecule has 0 saturated heterocycles. The summed E-state index contributed by atoms with van der Waals surface area (Å²) in [6, 6.07) is 9.45. The SMILES string of the molecule is COc1cccc(SCCC(=O)Nc2cc(C)on2)c1. The number of hydrogen-bond acceptors (Lipinski definition) is 5. The lowest BCUT2D eigenvalue weighted by Crippen LogP contribution is -2.12. The van der Waals surface area contributed by atoms with Crippen molar-refractivity contribution in [2.45, 2.75) is 18.2 Å². The third-order valence-electron chi connectivity index (χ3n) is 2.53. The van der Waals surface area contributed by atoms with E-state index in [1.807, 2.05) is 24.3 Å². The number of anilines is 1. The van der Waals surface area contributed by atoms with Crippen LogP contribution in [0.1, 0.15) is 12.2 Å². The second kappa shape index (κ2) is 7.00. The van der Waals surface area contributed by atoms with Crippen molar-refractivity contribution in [1.82, 2.24) is 5.16 Å². The van der Waals surface area contributed by atoms with Crippen LogP contribution in [-0.2, 0) is 4.79 Å². The summed E-state index contributed by atoms with van der Waals surface area (Å²) in [6.45, 7) is 1.78. The molecule has 1 amide bonds. The highest BCUT2D eigenvalue weighted by atomic mass is 32.2. The number of rotatable bonds is 6. The van der Waals surface area contributed by atoms with E-state index in [2.05, 4.69) is 10.5 Å². The molecule has 0 atom stereocenters. The molecule has 6 heteroatoms. The van der Waals surface area contributed by atoms with Gasteiger partial charge >= 0.3 is 0 Å².